The van der Waals surface area contributed by atoms with Crippen LogP contribution >= 0.6 is 0 Å². The fraction of sp³-hybridized carbons (Fsp3) is 0.333. The number of nitro groups is 1. The lowest BCUT2D eigenvalue weighted by atomic mass is 10.1. The van der Waals surface area contributed by atoms with Crippen molar-refractivity contribution < 1.29 is 9.66 Å². The van der Waals surface area contributed by atoms with E-state index in [0.717, 1.165) is 12.1 Å². The third kappa shape index (κ3) is 1.54. The number of rotatable bonds is 3. The molecule has 0 unspecified atom stereocenters. The van der Waals surface area contributed by atoms with Crippen LogP contribution in [0.5, 0.6) is 5.75 Å². The third-order valence-corrected chi connectivity index (χ3v) is 2.21. The van der Waals surface area contributed by atoms with Gasteiger partial charge in [0.05, 0.1) is 12.0 Å². The first-order valence-corrected chi connectivity index (χ1v) is 4.28. The molecule has 0 aliphatic carbocycles. The van der Waals surface area contributed by atoms with Gasteiger partial charge in [-0.05, 0) is 6.07 Å². The molecule has 1 atom stereocenters. The summed E-state index contributed by atoms with van der Waals surface area (Å²) >= 11 is 0. The molecule has 1 N–H and O–H groups in total. The fourth-order valence-corrected chi connectivity index (χ4v) is 1.39. The largest absolute Gasteiger partial charge is 0.496 e. The summed E-state index contributed by atoms with van der Waals surface area (Å²) in [5.41, 5.74) is 0.969. The number of nitrogens with zero attached hydrogens (tertiary/aromatic N) is 1. The molecule has 1 aliphatic rings. The number of ether oxygens (including phenoxy) is 1. The SMILES string of the molecule is COc1ccc([N+](=O)[O-])cc1[C@H]1CN1. The summed E-state index contributed by atoms with van der Waals surface area (Å²) in [5, 5.41) is 13.6. The minimum Gasteiger partial charge on any atom is -0.496 e. The molecule has 1 aliphatic heterocycles. The minimum atomic E-state index is -0.397. The molecule has 0 spiro atoms. The highest BCUT2D eigenvalue weighted by Gasteiger charge is 2.27. The molecule has 1 heterocycles. The van der Waals surface area contributed by atoms with Crippen LogP contribution in [-0.2, 0) is 0 Å². The van der Waals surface area contributed by atoms with Gasteiger partial charge >= 0.3 is 0 Å². The van der Waals surface area contributed by atoms with Gasteiger partial charge in [0.25, 0.3) is 5.69 Å². The molecule has 1 saturated heterocycles. The van der Waals surface area contributed by atoms with Gasteiger partial charge in [0.2, 0.25) is 0 Å². The summed E-state index contributed by atoms with van der Waals surface area (Å²) in [5.74, 6) is 0.700. The van der Waals surface area contributed by atoms with Crippen LogP contribution in [0.3, 0.4) is 0 Å². The number of non-ortho nitro benzene ring substituents is 1. The normalized spacial score (nSPS) is 19.1. The molecule has 5 heteroatoms. The maximum Gasteiger partial charge on any atom is 0.270 e. The van der Waals surface area contributed by atoms with Crippen molar-refractivity contribution in [2.45, 2.75) is 6.04 Å². The van der Waals surface area contributed by atoms with Crippen LogP contribution in [0.1, 0.15) is 11.6 Å². The molecular weight excluding hydrogens is 184 g/mol. The van der Waals surface area contributed by atoms with Gasteiger partial charge in [-0.15, -0.1) is 0 Å². The Balaban J connectivity index is 2.41. The van der Waals surface area contributed by atoms with Crippen LogP contribution in [0.2, 0.25) is 0 Å². The van der Waals surface area contributed by atoms with Gasteiger partial charge in [-0.25, -0.2) is 0 Å². The molecule has 5 nitrogen and oxygen atoms in total. The Morgan fingerprint density at radius 1 is 1.64 bits per heavy atom. The summed E-state index contributed by atoms with van der Waals surface area (Å²) in [4.78, 5) is 10.1. The van der Waals surface area contributed by atoms with E-state index in [2.05, 4.69) is 5.32 Å². The Hall–Kier alpha value is -1.62. The number of hydrogen-bond donors (Lipinski definition) is 1. The van der Waals surface area contributed by atoms with Crippen LogP contribution in [-0.4, -0.2) is 18.6 Å². The van der Waals surface area contributed by atoms with Crippen LogP contribution < -0.4 is 10.1 Å². The second-order valence-electron chi connectivity index (χ2n) is 3.14. The van der Waals surface area contributed by atoms with E-state index < -0.39 is 4.92 Å². The van der Waals surface area contributed by atoms with Gasteiger partial charge in [-0.1, -0.05) is 0 Å². The fourth-order valence-electron chi connectivity index (χ4n) is 1.39. The average Bonchev–Trinajstić information content (AvgIpc) is 3.00. The van der Waals surface area contributed by atoms with Gasteiger partial charge in [0.15, 0.2) is 0 Å². The minimum absolute atomic E-state index is 0.106. The zero-order valence-electron chi connectivity index (χ0n) is 7.69. The molecule has 0 saturated carbocycles. The van der Waals surface area contributed by atoms with Crippen LogP contribution in [0.25, 0.3) is 0 Å². The predicted octanol–water partition coefficient (Wildman–Crippen LogP) is 1.25. The first-order valence-electron chi connectivity index (χ1n) is 4.28. The Labute approximate surface area is 80.8 Å². The van der Waals surface area contributed by atoms with Crippen molar-refractivity contribution in [2.75, 3.05) is 13.7 Å². The molecule has 0 amide bonds. The van der Waals surface area contributed by atoms with Crippen LogP contribution in [0.15, 0.2) is 18.2 Å². The van der Waals surface area contributed by atoms with Crippen molar-refractivity contribution in [3.05, 3.63) is 33.9 Å². The van der Waals surface area contributed by atoms with E-state index in [0.29, 0.717) is 5.75 Å². The summed E-state index contributed by atoms with van der Waals surface area (Å²) in [7, 11) is 1.56. The van der Waals surface area contributed by atoms with E-state index >= 15 is 0 Å². The predicted molar refractivity (Wildman–Crippen MR) is 50.4 cm³/mol. The van der Waals surface area contributed by atoms with Crippen LogP contribution in [0, 0.1) is 10.1 Å². The van der Waals surface area contributed by atoms with E-state index in [-0.39, 0.29) is 11.7 Å². The highest BCUT2D eigenvalue weighted by molar-refractivity contribution is 5.46. The maximum atomic E-state index is 10.5. The summed E-state index contributed by atoms with van der Waals surface area (Å²) < 4.78 is 5.12. The summed E-state index contributed by atoms with van der Waals surface area (Å²) in [6, 6.07) is 4.85. The smallest absolute Gasteiger partial charge is 0.270 e. The highest BCUT2D eigenvalue weighted by Crippen LogP contribution is 2.33. The first kappa shape index (κ1) is 8.96. The number of methoxy groups -OCH3 is 1. The zero-order chi connectivity index (χ0) is 10.1. The Morgan fingerprint density at radius 2 is 2.36 bits per heavy atom. The van der Waals surface area contributed by atoms with E-state index in [4.69, 9.17) is 4.74 Å². The molecule has 1 aromatic rings. The first-order chi connectivity index (χ1) is 6.72. The van der Waals surface area contributed by atoms with Gasteiger partial charge in [-0.2, -0.15) is 0 Å². The van der Waals surface area contributed by atoms with Gasteiger partial charge in [-0.3, -0.25) is 10.1 Å². The van der Waals surface area contributed by atoms with Crippen molar-refractivity contribution in [2.24, 2.45) is 0 Å². The lowest BCUT2D eigenvalue weighted by Gasteiger charge is -2.05. The van der Waals surface area contributed by atoms with Gasteiger partial charge in [0.1, 0.15) is 5.75 Å². The quantitative estimate of drug-likeness (QED) is 0.446. The topological polar surface area (TPSA) is 74.3 Å². The van der Waals surface area contributed by atoms with E-state index in [9.17, 15) is 10.1 Å². The number of nitro benzene ring substituents is 1. The molecule has 14 heavy (non-hydrogen) atoms. The van der Waals surface area contributed by atoms with Crippen molar-refractivity contribution in [1.29, 1.82) is 0 Å². The number of nitrogens with one attached hydrogen (secondary N) is 1. The van der Waals surface area contributed by atoms with E-state index in [1.807, 2.05) is 0 Å². The molecule has 1 aromatic carbocycles. The van der Waals surface area contributed by atoms with Crippen molar-refractivity contribution in [3.63, 3.8) is 0 Å². The standard InChI is InChI=1S/C9H10N2O3/c1-14-9-3-2-6(11(12)13)4-7(9)8-5-10-8/h2-4,8,10H,5H2,1H3/t8-/m1/s1. The highest BCUT2D eigenvalue weighted by atomic mass is 16.6. The second kappa shape index (κ2) is 3.26. The molecule has 2 rings (SSSR count). The van der Waals surface area contributed by atoms with E-state index in [1.54, 1.807) is 19.2 Å². The molecule has 0 aromatic heterocycles. The molecule has 1 fully saturated rings. The summed E-state index contributed by atoms with van der Waals surface area (Å²) in [6.07, 6.45) is 0. The molecule has 0 bridgehead atoms. The second-order valence-corrected chi connectivity index (χ2v) is 3.14. The maximum absolute atomic E-state index is 10.5. The van der Waals surface area contributed by atoms with Crippen molar-refractivity contribution in [1.82, 2.24) is 5.32 Å². The van der Waals surface area contributed by atoms with Gasteiger partial charge in [0, 0.05) is 30.3 Å². The van der Waals surface area contributed by atoms with E-state index in [1.165, 1.54) is 6.07 Å². The van der Waals surface area contributed by atoms with Gasteiger partial charge < -0.3 is 10.1 Å². The zero-order valence-corrected chi connectivity index (χ0v) is 7.69. The average molecular weight is 194 g/mol. The Kier molecular flexibility index (Phi) is 2.09. The number of benzene rings is 1. The Morgan fingerprint density at radius 3 is 2.86 bits per heavy atom. The third-order valence-electron chi connectivity index (χ3n) is 2.21. The molecule has 0 radical (unpaired) electrons. The summed E-state index contributed by atoms with van der Waals surface area (Å²) in [6.45, 7) is 0.859. The van der Waals surface area contributed by atoms with Crippen molar-refractivity contribution in [3.8, 4) is 5.75 Å². The molecule has 74 valence electrons. The Bertz CT molecular complexity index is 374. The lowest BCUT2D eigenvalue weighted by Crippen LogP contribution is -1.95. The van der Waals surface area contributed by atoms with Crippen molar-refractivity contribution >= 4 is 5.69 Å². The molecular formula is C9H10N2O3. The van der Waals surface area contributed by atoms with Crippen LogP contribution in [0.4, 0.5) is 5.69 Å². The lowest BCUT2D eigenvalue weighted by molar-refractivity contribution is -0.384. The number of hydrogen-bond acceptors (Lipinski definition) is 4. The monoisotopic (exact) mass is 194 g/mol.